The second-order valence-corrected chi connectivity index (χ2v) is 4.12. The lowest BCUT2D eigenvalue weighted by Gasteiger charge is -2.20. The molecule has 1 aromatic rings. The molecule has 2 rings (SSSR count). The average Bonchev–Trinajstić information content (AvgIpc) is 2.76. The second-order valence-electron chi connectivity index (χ2n) is 4.12. The van der Waals surface area contributed by atoms with Gasteiger partial charge in [-0.1, -0.05) is 19.3 Å². The maximum absolute atomic E-state index is 5.49. The Morgan fingerprint density at radius 2 is 2.20 bits per heavy atom. The summed E-state index contributed by atoms with van der Waals surface area (Å²) >= 11 is 0. The predicted octanol–water partition coefficient (Wildman–Crippen LogP) is 2.09. The number of nitrogens with two attached hydrogens (primary N) is 1. The molecule has 0 spiro atoms. The van der Waals surface area contributed by atoms with Gasteiger partial charge in [-0.3, -0.25) is 0 Å². The van der Waals surface area contributed by atoms with Gasteiger partial charge in [0.1, 0.15) is 6.26 Å². The van der Waals surface area contributed by atoms with Crippen molar-refractivity contribution < 1.29 is 9.15 Å². The summed E-state index contributed by atoms with van der Waals surface area (Å²) in [6.45, 7) is 1.13. The third-order valence-electron chi connectivity index (χ3n) is 2.91. The zero-order valence-electron chi connectivity index (χ0n) is 8.95. The van der Waals surface area contributed by atoms with Crippen molar-refractivity contribution in [1.82, 2.24) is 4.98 Å². The maximum atomic E-state index is 5.49. The quantitative estimate of drug-likeness (QED) is 0.826. The molecule has 0 saturated heterocycles. The number of hydrogen-bond donors (Lipinski definition) is 1. The van der Waals surface area contributed by atoms with Crippen LogP contribution in [0.4, 0.5) is 0 Å². The van der Waals surface area contributed by atoms with Crippen LogP contribution in [0, 0.1) is 5.92 Å². The molecule has 0 aromatic carbocycles. The molecule has 0 aliphatic heterocycles. The van der Waals surface area contributed by atoms with Crippen LogP contribution in [0.2, 0.25) is 0 Å². The van der Waals surface area contributed by atoms with Crippen LogP contribution < -0.4 is 10.5 Å². The summed E-state index contributed by atoms with van der Waals surface area (Å²) in [6, 6.07) is 0. The molecule has 1 heterocycles. The molecule has 1 saturated carbocycles. The molecule has 0 radical (unpaired) electrons. The Hall–Kier alpha value is -1.03. The fourth-order valence-corrected chi connectivity index (χ4v) is 1.99. The van der Waals surface area contributed by atoms with Crippen LogP contribution in [-0.4, -0.2) is 11.6 Å². The lowest BCUT2D eigenvalue weighted by atomic mass is 9.90. The van der Waals surface area contributed by atoms with Crippen LogP contribution in [0.15, 0.2) is 10.7 Å². The molecule has 0 atom stereocenters. The van der Waals surface area contributed by atoms with E-state index in [2.05, 4.69) is 4.98 Å². The van der Waals surface area contributed by atoms with E-state index in [0.717, 1.165) is 12.3 Å². The molecule has 4 heteroatoms. The van der Waals surface area contributed by atoms with Crippen LogP contribution in [-0.2, 0) is 6.54 Å². The fraction of sp³-hybridized carbons (Fsp3) is 0.727. The van der Waals surface area contributed by atoms with Crippen molar-refractivity contribution in [2.75, 3.05) is 6.61 Å². The molecule has 1 aromatic heterocycles. The van der Waals surface area contributed by atoms with Gasteiger partial charge in [0.25, 0.3) is 0 Å². The van der Waals surface area contributed by atoms with E-state index in [-0.39, 0.29) is 0 Å². The first-order valence-electron chi connectivity index (χ1n) is 5.66. The van der Waals surface area contributed by atoms with Crippen LogP contribution in [0.25, 0.3) is 0 Å². The zero-order chi connectivity index (χ0) is 10.5. The summed E-state index contributed by atoms with van der Waals surface area (Å²) < 4.78 is 10.6. The molecule has 2 N–H and O–H groups in total. The van der Waals surface area contributed by atoms with E-state index in [1.165, 1.54) is 32.1 Å². The number of oxazole rings is 1. The Balaban J connectivity index is 1.76. The summed E-state index contributed by atoms with van der Waals surface area (Å²) in [6.07, 6.45) is 8.47. The average molecular weight is 210 g/mol. The van der Waals surface area contributed by atoms with Crippen molar-refractivity contribution >= 4 is 0 Å². The number of nitrogens with zero attached hydrogens (tertiary/aromatic N) is 1. The van der Waals surface area contributed by atoms with Crippen molar-refractivity contribution in [1.29, 1.82) is 0 Å². The standard InChI is InChI=1S/C11H18N2O2/c12-6-10-8-15-11(13-10)14-7-9-4-2-1-3-5-9/h8-9H,1-7,12H2. The molecule has 0 amide bonds. The van der Waals surface area contributed by atoms with E-state index in [1.54, 1.807) is 6.26 Å². The molecule has 0 unspecified atom stereocenters. The fourth-order valence-electron chi connectivity index (χ4n) is 1.99. The molecule has 1 fully saturated rings. The van der Waals surface area contributed by atoms with Crippen LogP contribution >= 0.6 is 0 Å². The molecule has 15 heavy (non-hydrogen) atoms. The van der Waals surface area contributed by atoms with Gasteiger partial charge in [0.2, 0.25) is 0 Å². The number of ether oxygens (including phenoxy) is 1. The smallest absolute Gasteiger partial charge is 0.393 e. The van der Waals surface area contributed by atoms with Crippen molar-refractivity contribution in [2.45, 2.75) is 38.6 Å². The van der Waals surface area contributed by atoms with Crippen LogP contribution in [0.1, 0.15) is 37.8 Å². The Kier molecular flexibility index (Phi) is 3.61. The van der Waals surface area contributed by atoms with Crippen molar-refractivity contribution in [3.8, 4) is 6.08 Å². The Morgan fingerprint density at radius 3 is 2.87 bits per heavy atom. The van der Waals surface area contributed by atoms with Gasteiger partial charge in [-0.25, -0.2) is 0 Å². The van der Waals surface area contributed by atoms with Gasteiger partial charge < -0.3 is 14.9 Å². The minimum atomic E-state index is 0.362. The molecule has 1 aliphatic rings. The zero-order valence-corrected chi connectivity index (χ0v) is 8.95. The highest BCUT2D eigenvalue weighted by Gasteiger charge is 2.15. The van der Waals surface area contributed by atoms with Crippen molar-refractivity contribution in [3.63, 3.8) is 0 Å². The SMILES string of the molecule is NCc1coc(OCC2CCCCC2)n1. The third-order valence-corrected chi connectivity index (χ3v) is 2.91. The first-order chi connectivity index (χ1) is 7.38. The summed E-state index contributed by atoms with van der Waals surface area (Å²) in [5.74, 6) is 0.673. The lowest BCUT2D eigenvalue weighted by Crippen LogP contribution is -2.15. The first-order valence-corrected chi connectivity index (χ1v) is 5.66. The Bertz CT molecular complexity index is 293. The summed E-state index contributed by atoms with van der Waals surface area (Å²) in [5, 5.41) is 0. The van der Waals surface area contributed by atoms with Crippen molar-refractivity contribution in [2.24, 2.45) is 11.7 Å². The van der Waals surface area contributed by atoms with Gasteiger partial charge in [0.15, 0.2) is 0 Å². The van der Waals surface area contributed by atoms with Gasteiger partial charge >= 0.3 is 6.08 Å². The topological polar surface area (TPSA) is 61.3 Å². The second kappa shape index (κ2) is 5.16. The van der Waals surface area contributed by atoms with E-state index < -0.39 is 0 Å². The van der Waals surface area contributed by atoms with E-state index in [9.17, 15) is 0 Å². The molecule has 4 nitrogen and oxygen atoms in total. The first kappa shape index (κ1) is 10.5. The van der Waals surface area contributed by atoms with E-state index in [1.807, 2.05) is 0 Å². The van der Waals surface area contributed by atoms with Gasteiger partial charge in [0.05, 0.1) is 12.3 Å². The largest absolute Gasteiger partial charge is 0.450 e. The van der Waals surface area contributed by atoms with Gasteiger partial charge in [-0.15, -0.1) is 0 Å². The third kappa shape index (κ3) is 2.96. The number of aromatic nitrogens is 1. The summed E-state index contributed by atoms with van der Waals surface area (Å²) in [7, 11) is 0. The van der Waals surface area contributed by atoms with E-state index in [0.29, 0.717) is 18.5 Å². The Labute approximate surface area is 89.8 Å². The monoisotopic (exact) mass is 210 g/mol. The van der Waals surface area contributed by atoms with Crippen LogP contribution in [0.3, 0.4) is 0 Å². The van der Waals surface area contributed by atoms with Gasteiger partial charge in [-0.2, -0.15) is 4.98 Å². The van der Waals surface area contributed by atoms with Crippen LogP contribution in [0.5, 0.6) is 6.08 Å². The van der Waals surface area contributed by atoms with Gasteiger partial charge in [-0.05, 0) is 18.8 Å². The Morgan fingerprint density at radius 1 is 1.40 bits per heavy atom. The lowest BCUT2D eigenvalue weighted by molar-refractivity contribution is 0.165. The minimum Gasteiger partial charge on any atom is -0.450 e. The summed E-state index contributed by atoms with van der Waals surface area (Å²) in [4.78, 5) is 4.10. The molecule has 84 valence electrons. The normalized spacial score (nSPS) is 17.9. The maximum Gasteiger partial charge on any atom is 0.393 e. The van der Waals surface area contributed by atoms with Crippen molar-refractivity contribution in [3.05, 3.63) is 12.0 Å². The minimum absolute atomic E-state index is 0.362. The summed E-state index contributed by atoms with van der Waals surface area (Å²) in [5.41, 5.74) is 6.17. The van der Waals surface area contributed by atoms with E-state index in [4.69, 9.17) is 14.9 Å². The molecule has 0 bridgehead atoms. The molecule has 1 aliphatic carbocycles. The molecular formula is C11H18N2O2. The van der Waals surface area contributed by atoms with E-state index >= 15 is 0 Å². The number of hydrogen-bond acceptors (Lipinski definition) is 4. The highest BCUT2D eigenvalue weighted by atomic mass is 16.6. The highest BCUT2D eigenvalue weighted by Crippen LogP contribution is 2.24. The van der Waals surface area contributed by atoms with Gasteiger partial charge in [0, 0.05) is 6.54 Å². The molecular weight excluding hydrogens is 192 g/mol. The predicted molar refractivity (Wildman–Crippen MR) is 56.5 cm³/mol. The highest BCUT2D eigenvalue weighted by molar-refractivity contribution is 4.98. The number of rotatable bonds is 4.